The Bertz CT molecular complexity index is 3040. The Balaban J connectivity index is 1.23. The molecule has 0 spiro atoms. The first-order chi connectivity index (χ1) is 25.6. The van der Waals surface area contributed by atoms with Gasteiger partial charge in [0.1, 0.15) is 6.07 Å². The van der Waals surface area contributed by atoms with Crippen LogP contribution in [0.4, 0.5) is 0 Å². The second-order valence-electron chi connectivity index (χ2n) is 12.7. The summed E-state index contributed by atoms with van der Waals surface area (Å²) in [5.74, 6) is 0. The first-order valence-corrected chi connectivity index (χ1v) is 16.7. The highest BCUT2D eigenvalue weighted by Gasteiger charge is 2.19. The number of benzene rings is 7. The summed E-state index contributed by atoms with van der Waals surface area (Å²) < 4.78 is 4.34. The van der Waals surface area contributed by atoms with Gasteiger partial charge in [-0.2, -0.15) is 21.0 Å². The number of para-hydroxylation sites is 3. The first-order valence-electron chi connectivity index (χ1n) is 16.7. The lowest BCUT2D eigenvalue weighted by Crippen LogP contribution is -1.99. The van der Waals surface area contributed by atoms with Crippen molar-refractivity contribution in [2.75, 3.05) is 0 Å². The number of fused-ring (bicyclic) bond motifs is 6. The fourth-order valence-electron chi connectivity index (χ4n) is 7.54. The smallest absolute Gasteiger partial charge is 0.101 e. The van der Waals surface area contributed by atoms with Gasteiger partial charge in [-0.25, -0.2) is 0 Å². The van der Waals surface area contributed by atoms with Crippen LogP contribution in [0.2, 0.25) is 0 Å². The fourth-order valence-corrected chi connectivity index (χ4v) is 7.54. The Morgan fingerprint density at radius 2 is 0.846 bits per heavy atom. The number of hydrogen-bond acceptors (Lipinski definition) is 4. The van der Waals surface area contributed by atoms with Crippen molar-refractivity contribution in [3.8, 4) is 57.9 Å². The maximum absolute atomic E-state index is 10.5. The molecule has 0 unspecified atom stereocenters. The monoisotopic (exact) mass is 660 g/mol. The van der Waals surface area contributed by atoms with Gasteiger partial charge >= 0.3 is 0 Å². The fraction of sp³-hybridized carbons (Fsp3) is 0. The van der Waals surface area contributed by atoms with Crippen molar-refractivity contribution in [2.24, 2.45) is 0 Å². The lowest BCUT2D eigenvalue weighted by atomic mass is 9.97. The Morgan fingerprint density at radius 3 is 1.44 bits per heavy atom. The quantitative estimate of drug-likeness (QED) is 0.187. The van der Waals surface area contributed by atoms with Crippen molar-refractivity contribution in [1.82, 2.24) is 9.13 Å². The van der Waals surface area contributed by atoms with E-state index in [9.17, 15) is 21.0 Å². The molecular formula is C46H24N6. The van der Waals surface area contributed by atoms with E-state index in [1.165, 1.54) is 0 Å². The molecule has 0 amide bonds. The second-order valence-corrected chi connectivity index (χ2v) is 12.7. The molecule has 0 bridgehead atoms. The Hall–Kier alpha value is -7.90. The van der Waals surface area contributed by atoms with Crippen molar-refractivity contribution < 1.29 is 0 Å². The van der Waals surface area contributed by atoms with Gasteiger partial charge in [0.25, 0.3) is 0 Å². The predicted molar refractivity (Wildman–Crippen MR) is 205 cm³/mol. The third-order valence-corrected chi connectivity index (χ3v) is 9.81. The molecule has 2 aromatic heterocycles. The van der Waals surface area contributed by atoms with Crippen molar-refractivity contribution in [3.63, 3.8) is 0 Å². The number of rotatable bonds is 4. The summed E-state index contributed by atoms with van der Waals surface area (Å²) >= 11 is 0. The van der Waals surface area contributed by atoms with E-state index in [1.807, 2.05) is 60.7 Å². The summed E-state index contributed by atoms with van der Waals surface area (Å²) in [5, 5.41) is 44.1. The molecule has 6 heteroatoms. The van der Waals surface area contributed by atoms with E-state index >= 15 is 0 Å². The zero-order valence-corrected chi connectivity index (χ0v) is 27.5. The maximum Gasteiger partial charge on any atom is 0.101 e. The van der Waals surface area contributed by atoms with E-state index in [0.29, 0.717) is 27.8 Å². The molecule has 0 atom stereocenters. The van der Waals surface area contributed by atoms with Gasteiger partial charge in [0.05, 0.1) is 73.9 Å². The minimum absolute atomic E-state index is 0.370. The van der Waals surface area contributed by atoms with Crippen molar-refractivity contribution in [1.29, 1.82) is 21.0 Å². The molecule has 9 aromatic rings. The molecule has 0 saturated heterocycles. The zero-order valence-electron chi connectivity index (χ0n) is 27.5. The molecule has 0 aliphatic rings. The standard InChI is InChI=1S/C46H24N6/c47-25-29-13-16-45(39(22-29)34-20-30(26-48)19-31(21-34)27-49)52-44-12-6-3-9-38(44)40-24-33(15-18-46(40)52)32-14-17-41(35(23-32)28-50)51-42-10-4-1-7-36(42)37-8-2-5-11-43(37)51/h1-24H. The van der Waals surface area contributed by atoms with Crippen molar-refractivity contribution in [3.05, 3.63) is 168 Å². The molecular weight excluding hydrogens is 637 g/mol. The average molecular weight is 661 g/mol. The summed E-state index contributed by atoms with van der Waals surface area (Å²) in [4.78, 5) is 0. The summed E-state index contributed by atoms with van der Waals surface area (Å²) in [5.41, 5.74) is 10.8. The third-order valence-electron chi connectivity index (χ3n) is 9.81. The van der Waals surface area contributed by atoms with Crippen molar-refractivity contribution >= 4 is 43.6 Å². The highest BCUT2D eigenvalue weighted by molar-refractivity contribution is 6.11. The van der Waals surface area contributed by atoms with Crippen LogP contribution in [-0.2, 0) is 0 Å². The van der Waals surface area contributed by atoms with E-state index in [1.54, 1.807) is 24.3 Å². The van der Waals surface area contributed by atoms with E-state index in [0.717, 1.165) is 71.7 Å². The van der Waals surface area contributed by atoms with Crippen LogP contribution in [0.25, 0.3) is 77.2 Å². The first kappa shape index (κ1) is 30.2. The largest absolute Gasteiger partial charge is 0.309 e. The molecule has 0 radical (unpaired) electrons. The van der Waals surface area contributed by atoms with Crippen molar-refractivity contribution in [2.45, 2.75) is 0 Å². The van der Waals surface area contributed by atoms with Crippen LogP contribution in [0.1, 0.15) is 22.3 Å². The Labute approximate surface area is 298 Å². The lowest BCUT2D eigenvalue weighted by Gasteiger charge is -2.15. The zero-order chi connectivity index (χ0) is 35.3. The van der Waals surface area contributed by atoms with Crippen LogP contribution in [0, 0.1) is 45.3 Å². The molecule has 6 nitrogen and oxygen atoms in total. The summed E-state index contributed by atoms with van der Waals surface area (Å²) in [6.45, 7) is 0. The maximum atomic E-state index is 10.5. The van der Waals surface area contributed by atoms with E-state index in [-0.39, 0.29) is 0 Å². The van der Waals surface area contributed by atoms with Gasteiger partial charge in [-0.15, -0.1) is 0 Å². The molecule has 0 saturated carbocycles. The highest BCUT2D eigenvalue weighted by Crippen LogP contribution is 2.40. The van der Waals surface area contributed by atoms with Crippen LogP contribution < -0.4 is 0 Å². The van der Waals surface area contributed by atoms with Gasteiger partial charge in [-0.3, -0.25) is 0 Å². The van der Waals surface area contributed by atoms with Gasteiger partial charge in [0.2, 0.25) is 0 Å². The molecule has 0 aliphatic carbocycles. The molecule has 2 heterocycles. The average Bonchev–Trinajstić information content (AvgIpc) is 3.72. The summed E-state index contributed by atoms with van der Waals surface area (Å²) in [6.07, 6.45) is 0. The predicted octanol–water partition coefficient (Wildman–Crippen LogP) is 10.7. The highest BCUT2D eigenvalue weighted by atomic mass is 15.0. The van der Waals surface area contributed by atoms with E-state index in [4.69, 9.17) is 0 Å². The van der Waals surface area contributed by atoms with Gasteiger partial charge in [0.15, 0.2) is 0 Å². The number of nitrogens with zero attached hydrogens (tertiary/aromatic N) is 6. The topological polar surface area (TPSA) is 105 Å². The van der Waals surface area contributed by atoms with Crippen LogP contribution in [0.15, 0.2) is 146 Å². The van der Waals surface area contributed by atoms with Gasteiger partial charge < -0.3 is 9.13 Å². The molecule has 0 aliphatic heterocycles. The third kappa shape index (κ3) is 4.62. The Kier molecular flexibility index (Phi) is 6.91. The molecule has 7 aromatic carbocycles. The summed E-state index contributed by atoms with van der Waals surface area (Å²) in [6, 6.07) is 56.8. The molecule has 0 fully saturated rings. The second kappa shape index (κ2) is 11.9. The molecule has 52 heavy (non-hydrogen) atoms. The van der Waals surface area contributed by atoms with Gasteiger partial charge in [0, 0.05) is 27.1 Å². The molecule has 9 rings (SSSR count). The minimum atomic E-state index is 0.370. The van der Waals surface area contributed by atoms with Gasteiger partial charge in [-0.05, 0) is 95.6 Å². The van der Waals surface area contributed by atoms with Crippen LogP contribution >= 0.6 is 0 Å². The van der Waals surface area contributed by atoms with E-state index in [2.05, 4.69) is 94.1 Å². The molecule has 0 N–H and O–H groups in total. The normalized spacial score (nSPS) is 11.0. The number of nitriles is 4. The number of aromatic nitrogens is 2. The SMILES string of the molecule is N#Cc1cc(C#N)cc(-c2cc(C#N)ccc2-n2c3ccccc3c3cc(-c4ccc(-n5c6ccccc6c6ccccc65)c(C#N)c4)ccc32)c1. The lowest BCUT2D eigenvalue weighted by molar-refractivity contribution is 1.17. The summed E-state index contributed by atoms with van der Waals surface area (Å²) in [7, 11) is 0. The van der Waals surface area contributed by atoms with Crippen LogP contribution in [-0.4, -0.2) is 9.13 Å². The Morgan fingerprint density at radius 1 is 0.346 bits per heavy atom. The van der Waals surface area contributed by atoms with Crippen LogP contribution in [0.5, 0.6) is 0 Å². The minimum Gasteiger partial charge on any atom is -0.309 e. The number of hydrogen-bond donors (Lipinski definition) is 0. The van der Waals surface area contributed by atoms with E-state index < -0.39 is 0 Å². The van der Waals surface area contributed by atoms with Crippen LogP contribution in [0.3, 0.4) is 0 Å². The molecule has 238 valence electrons. The van der Waals surface area contributed by atoms with Gasteiger partial charge in [-0.1, -0.05) is 66.7 Å².